The molecule has 0 saturated heterocycles. The highest BCUT2D eigenvalue weighted by atomic mass is 16.3. The Morgan fingerprint density at radius 3 is 2.85 bits per heavy atom. The summed E-state index contributed by atoms with van der Waals surface area (Å²) in [6.07, 6.45) is 14.1. The van der Waals surface area contributed by atoms with Gasteiger partial charge in [0.15, 0.2) is 0 Å². The fourth-order valence-electron chi connectivity index (χ4n) is 8.78. The summed E-state index contributed by atoms with van der Waals surface area (Å²) < 4.78 is 0. The molecule has 3 fully saturated rings. The zero-order valence-electron chi connectivity index (χ0n) is 19.3. The fourth-order valence-corrected chi connectivity index (χ4v) is 8.78. The molecule has 5 aliphatic carbocycles. The van der Waals surface area contributed by atoms with Gasteiger partial charge >= 0.3 is 0 Å². The number of aromatic amines is 1. The molecule has 0 bridgehead atoms. The molecule has 0 amide bonds. The first-order valence-corrected chi connectivity index (χ1v) is 12.8. The Hall–Kier alpha value is -2.17. The smallest absolute Gasteiger partial charge is 0.255 e. The van der Waals surface area contributed by atoms with Crippen molar-refractivity contribution in [2.75, 3.05) is 0 Å². The van der Waals surface area contributed by atoms with Crippen LogP contribution in [-0.4, -0.2) is 26.9 Å². The Kier molecular flexibility index (Phi) is 3.97. The molecule has 1 heterocycles. The van der Waals surface area contributed by atoms with Crippen LogP contribution in [0.1, 0.15) is 63.9 Å². The van der Waals surface area contributed by atoms with Gasteiger partial charge in [-0.25, -0.2) is 0 Å². The molecule has 2 aromatic rings. The first kappa shape index (κ1) is 20.2. The molecule has 4 heteroatoms. The lowest BCUT2D eigenvalue weighted by Crippen LogP contribution is -2.49. The molecule has 172 valence electrons. The number of H-pyrrole nitrogens is 1. The van der Waals surface area contributed by atoms with E-state index in [1.54, 1.807) is 6.20 Å². The summed E-state index contributed by atoms with van der Waals surface area (Å²) in [4.78, 5) is 15.2. The van der Waals surface area contributed by atoms with E-state index < -0.39 is 5.60 Å². The Balaban J connectivity index is 1.28. The maximum Gasteiger partial charge on any atom is 0.255 e. The summed E-state index contributed by atoms with van der Waals surface area (Å²) in [7, 11) is 0. The molecule has 0 aliphatic heterocycles. The summed E-state index contributed by atoms with van der Waals surface area (Å²) >= 11 is 0. The average Bonchev–Trinajstić information content (AvgIpc) is 3.37. The molecule has 7 rings (SSSR count). The van der Waals surface area contributed by atoms with Crippen molar-refractivity contribution in [2.45, 2.75) is 70.0 Å². The third-order valence-corrected chi connectivity index (χ3v) is 10.5. The van der Waals surface area contributed by atoms with Crippen molar-refractivity contribution in [3.8, 4) is 0 Å². The summed E-state index contributed by atoms with van der Waals surface area (Å²) in [5.41, 5.74) is 3.00. The quantitative estimate of drug-likeness (QED) is 0.546. The number of allylic oxidation sites excluding steroid dienone is 3. The van der Waals surface area contributed by atoms with E-state index in [2.05, 4.69) is 30.1 Å². The van der Waals surface area contributed by atoms with Gasteiger partial charge in [-0.05, 0) is 103 Å². The second kappa shape index (κ2) is 6.49. The van der Waals surface area contributed by atoms with Gasteiger partial charge in [-0.2, -0.15) is 0 Å². The molecule has 3 N–H and O–H groups in total. The number of nitrogens with one attached hydrogen (secondary N) is 1. The molecule has 0 radical (unpaired) electrons. The highest BCUT2D eigenvalue weighted by Gasteiger charge is 2.68. The standard InChI is InChI=1S/C29H33NO3/c1-27-11-9-23-24-16-28(24)15-20(31)5-4-19(28)8-12-29(23,33)25(27)7-6-22(27)18-3-2-17-10-13-30-26(32)21(17)14-18/h2-3,6,9-10,13-14,19-20,24-25,31,33H,4-5,7-8,11-12,15-16H2,1H3,(H,30,32)/t19?,20?,24?,25?,27?,28?,29-/m1/s1. The number of hydrogen-bond acceptors (Lipinski definition) is 3. The predicted octanol–water partition coefficient (Wildman–Crippen LogP) is 4.96. The van der Waals surface area contributed by atoms with Gasteiger partial charge in [-0.3, -0.25) is 4.79 Å². The van der Waals surface area contributed by atoms with Gasteiger partial charge in [0.1, 0.15) is 0 Å². The van der Waals surface area contributed by atoms with Gasteiger partial charge in [0, 0.05) is 22.9 Å². The van der Waals surface area contributed by atoms with E-state index in [0.717, 1.165) is 67.7 Å². The lowest BCUT2D eigenvalue weighted by atomic mass is 9.57. The van der Waals surface area contributed by atoms with Gasteiger partial charge in [-0.1, -0.05) is 31.2 Å². The second-order valence-electron chi connectivity index (χ2n) is 11.9. The number of fused-ring (bicyclic) bond motifs is 5. The third kappa shape index (κ3) is 2.57. The molecule has 33 heavy (non-hydrogen) atoms. The van der Waals surface area contributed by atoms with Crippen LogP contribution in [0.4, 0.5) is 0 Å². The maximum absolute atomic E-state index is 12.4. The Labute approximate surface area is 194 Å². The number of aliphatic hydroxyl groups is 2. The molecule has 4 nitrogen and oxygen atoms in total. The molecule has 5 aliphatic rings. The average molecular weight is 444 g/mol. The van der Waals surface area contributed by atoms with Crippen molar-refractivity contribution >= 4 is 16.3 Å². The molecule has 1 aromatic carbocycles. The van der Waals surface area contributed by atoms with Crippen molar-refractivity contribution in [2.24, 2.45) is 28.6 Å². The van der Waals surface area contributed by atoms with Crippen LogP contribution in [0.5, 0.6) is 0 Å². The van der Waals surface area contributed by atoms with Crippen LogP contribution in [0, 0.1) is 28.6 Å². The van der Waals surface area contributed by atoms with Gasteiger partial charge < -0.3 is 15.2 Å². The lowest BCUT2D eigenvalue weighted by molar-refractivity contribution is -0.0389. The molecule has 1 spiro atoms. The molecule has 1 aromatic heterocycles. The Morgan fingerprint density at radius 1 is 1.09 bits per heavy atom. The summed E-state index contributed by atoms with van der Waals surface area (Å²) in [5.74, 6) is 1.28. The molecule has 7 atom stereocenters. The minimum Gasteiger partial charge on any atom is -0.393 e. The zero-order chi connectivity index (χ0) is 22.6. The van der Waals surface area contributed by atoms with E-state index >= 15 is 0 Å². The first-order chi connectivity index (χ1) is 15.8. The minimum atomic E-state index is -0.754. The topological polar surface area (TPSA) is 73.3 Å². The highest BCUT2D eigenvalue weighted by Crippen LogP contribution is 2.74. The van der Waals surface area contributed by atoms with Crippen LogP contribution in [-0.2, 0) is 0 Å². The third-order valence-electron chi connectivity index (χ3n) is 10.5. The normalized spacial score (nSPS) is 43.5. The largest absolute Gasteiger partial charge is 0.393 e. The van der Waals surface area contributed by atoms with E-state index in [1.165, 1.54) is 11.1 Å². The van der Waals surface area contributed by atoms with Crippen molar-refractivity contribution < 1.29 is 10.2 Å². The maximum atomic E-state index is 12.4. The van der Waals surface area contributed by atoms with E-state index in [1.807, 2.05) is 18.2 Å². The molecular formula is C29H33NO3. The van der Waals surface area contributed by atoms with E-state index in [0.29, 0.717) is 11.8 Å². The van der Waals surface area contributed by atoms with Crippen LogP contribution >= 0.6 is 0 Å². The van der Waals surface area contributed by atoms with Gasteiger partial charge in [-0.15, -0.1) is 0 Å². The second-order valence-corrected chi connectivity index (χ2v) is 11.9. The first-order valence-electron chi connectivity index (χ1n) is 12.8. The van der Waals surface area contributed by atoms with Crippen LogP contribution in [0.25, 0.3) is 16.3 Å². The van der Waals surface area contributed by atoms with Gasteiger partial charge in [0.05, 0.1) is 11.7 Å². The SMILES string of the molecule is CC12CC=C3C4CC45CC(O)CCC5CC[C@]3(O)C1CC=C2c1ccc2cc[nH]c(=O)c2c1. The highest BCUT2D eigenvalue weighted by molar-refractivity contribution is 5.87. The number of benzene rings is 1. The summed E-state index contributed by atoms with van der Waals surface area (Å²) in [5, 5.41) is 24.5. The van der Waals surface area contributed by atoms with Crippen LogP contribution in [0.3, 0.4) is 0 Å². The van der Waals surface area contributed by atoms with E-state index in [-0.39, 0.29) is 28.4 Å². The summed E-state index contributed by atoms with van der Waals surface area (Å²) in [6.45, 7) is 2.32. The van der Waals surface area contributed by atoms with Crippen molar-refractivity contribution in [1.29, 1.82) is 0 Å². The lowest BCUT2D eigenvalue weighted by Gasteiger charge is -2.49. The minimum absolute atomic E-state index is 0.0494. The number of hydrogen-bond donors (Lipinski definition) is 3. The van der Waals surface area contributed by atoms with Crippen LogP contribution in [0.2, 0.25) is 0 Å². The van der Waals surface area contributed by atoms with Gasteiger partial charge in [0.25, 0.3) is 5.56 Å². The van der Waals surface area contributed by atoms with E-state index in [4.69, 9.17) is 0 Å². The fraction of sp³-hybridized carbons (Fsp3) is 0.552. The van der Waals surface area contributed by atoms with Crippen molar-refractivity contribution in [1.82, 2.24) is 4.98 Å². The molecular weight excluding hydrogens is 410 g/mol. The van der Waals surface area contributed by atoms with Crippen LogP contribution < -0.4 is 5.56 Å². The van der Waals surface area contributed by atoms with Crippen LogP contribution in [0.15, 0.2) is 53.0 Å². The Morgan fingerprint density at radius 2 is 1.97 bits per heavy atom. The number of rotatable bonds is 1. The Bertz CT molecular complexity index is 1290. The molecule has 6 unspecified atom stereocenters. The zero-order valence-corrected chi connectivity index (χ0v) is 19.3. The number of pyridine rings is 1. The van der Waals surface area contributed by atoms with Gasteiger partial charge in [0.2, 0.25) is 0 Å². The summed E-state index contributed by atoms with van der Waals surface area (Å²) in [6, 6.07) is 8.17. The number of aliphatic hydroxyl groups excluding tert-OH is 1. The van der Waals surface area contributed by atoms with Crippen molar-refractivity contribution in [3.05, 3.63) is 64.1 Å². The number of aromatic nitrogens is 1. The predicted molar refractivity (Wildman–Crippen MR) is 130 cm³/mol. The van der Waals surface area contributed by atoms with Crippen molar-refractivity contribution in [3.63, 3.8) is 0 Å². The molecule has 3 saturated carbocycles. The monoisotopic (exact) mass is 443 g/mol. The van der Waals surface area contributed by atoms with E-state index in [9.17, 15) is 15.0 Å².